The minimum Gasteiger partial charge on any atom is -0.495 e. The van der Waals surface area contributed by atoms with Gasteiger partial charge in [-0.25, -0.2) is 0 Å². The zero-order valence-electron chi connectivity index (χ0n) is 11.3. The summed E-state index contributed by atoms with van der Waals surface area (Å²) in [7, 11) is 0. The van der Waals surface area contributed by atoms with Crippen molar-refractivity contribution in [3.8, 4) is 0 Å². The lowest BCUT2D eigenvalue weighted by Gasteiger charge is -2.33. The Labute approximate surface area is 104 Å². The highest BCUT2D eigenvalue weighted by atomic mass is 16.5. The van der Waals surface area contributed by atoms with Crippen LogP contribution in [-0.4, -0.2) is 11.9 Å². The fourth-order valence-electron chi connectivity index (χ4n) is 3.06. The van der Waals surface area contributed by atoms with Crippen molar-refractivity contribution in [1.82, 2.24) is 0 Å². The van der Waals surface area contributed by atoms with E-state index in [1.165, 1.54) is 12.8 Å². The molecule has 2 atom stereocenters. The van der Waals surface area contributed by atoms with Gasteiger partial charge in [0.2, 0.25) is 0 Å². The van der Waals surface area contributed by atoms with E-state index in [1.54, 1.807) is 6.08 Å². The first-order valence-corrected chi connectivity index (χ1v) is 6.85. The molecular weight excluding hydrogens is 212 g/mol. The first-order chi connectivity index (χ1) is 7.94. The summed E-state index contributed by atoms with van der Waals surface area (Å²) in [6.07, 6.45) is 8.50. The molecule has 0 aromatic heterocycles. The molecule has 17 heavy (non-hydrogen) atoms. The van der Waals surface area contributed by atoms with E-state index in [2.05, 4.69) is 20.8 Å². The molecule has 0 aromatic carbocycles. The van der Waals surface area contributed by atoms with Crippen LogP contribution in [0.1, 0.15) is 59.3 Å². The third-order valence-corrected chi connectivity index (χ3v) is 3.83. The molecule has 0 N–H and O–H groups in total. The maximum atomic E-state index is 11.6. The number of ketones is 1. The quantitative estimate of drug-likeness (QED) is 0.728. The van der Waals surface area contributed by atoms with Crippen LogP contribution in [0.15, 0.2) is 11.8 Å². The Morgan fingerprint density at radius 2 is 2.06 bits per heavy atom. The topological polar surface area (TPSA) is 26.3 Å². The second-order valence-electron chi connectivity index (χ2n) is 6.61. The van der Waals surface area contributed by atoms with Crippen LogP contribution in [-0.2, 0) is 9.53 Å². The van der Waals surface area contributed by atoms with E-state index >= 15 is 0 Å². The second-order valence-corrected chi connectivity index (χ2v) is 6.61. The van der Waals surface area contributed by atoms with Gasteiger partial charge >= 0.3 is 0 Å². The lowest BCUT2D eigenvalue weighted by atomic mass is 9.79. The molecule has 2 heteroatoms. The fraction of sp³-hybridized carbons (Fsp3) is 0.800. The zero-order valence-corrected chi connectivity index (χ0v) is 11.3. The maximum Gasteiger partial charge on any atom is 0.159 e. The van der Waals surface area contributed by atoms with Crippen molar-refractivity contribution >= 4 is 5.78 Å². The lowest BCUT2D eigenvalue weighted by Crippen LogP contribution is -2.27. The van der Waals surface area contributed by atoms with Crippen LogP contribution in [0.25, 0.3) is 0 Å². The largest absolute Gasteiger partial charge is 0.495 e. The molecule has 0 heterocycles. The van der Waals surface area contributed by atoms with Crippen LogP contribution in [0.5, 0.6) is 0 Å². The molecule has 2 nitrogen and oxygen atoms in total. The second kappa shape index (κ2) is 4.83. The molecule has 2 aliphatic rings. The van der Waals surface area contributed by atoms with Gasteiger partial charge in [-0.2, -0.15) is 0 Å². The molecule has 0 aliphatic heterocycles. The van der Waals surface area contributed by atoms with Gasteiger partial charge in [-0.1, -0.05) is 27.2 Å². The van der Waals surface area contributed by atoms with Crippen LogP contribution in [0.4, 0.5) is 0 Å². The number of carbonyl (C=O) groups is 1. The number of hydrogen-bond acceptors (Lipinski definition) is 2. The molecule has 96 valence electrons. The first-order valence-electron chi connectivity index (χ1n) is 6.85. The Kier molecular flexibility index (Phi) is 3.60. The zero-order chi connectivity index (χ0) is 12.5. The minimum atomic E-state index is 0.0709. The molecule has 0 radical (unpaired) electrons. The Morgan fingerprint density at radius 1 is 1.29 bits per heavy atom. The molecule has 0 spiro atoms. The summed E-state index contributed by atoms with van der Waals surface area (Å²) < 4.78 is 6.05. The minimum absolute atomic E-state index is 0.0709. The van der Waals surface area contributed by atoms with Gasteiger partial charge in [-0.3, -0.25) is 4.79 Å². The van der Waals surface area contributed by atoms with Crippen LogP contribution >= 0.6 is 0 Å². The summed E-state index contributed by atoms with van der Waals surface area (Å²) in [5.41, 5.74) is 0.0709. The average Bonchev–Trinajstić information content (AvgIpc) is 2.13. The predicted molar refractivity (Wildman–Crippen MR) is 68.6 cm³/mol. The molecule has 2 unspecified atom stereocenters. The number of carbonyl (C=O) groups excluding carboxylic acids is 1. The van der Waals surface area contributed by atoms with Gasteiger partial charge in [0.1, 0.15) is 5.76 Å². The summed E-state index contributed by atoms with van der Waals surface area (Å²) in [5.74, 6) is 1.91. The van der Waals surface area contributed by atoms with Crippen molar-refractivity contribution in [3.05, 3.63) is 11.8 Å². The highest BCUT2D eigenvalue weighted by molar-refractivity contribution is 5.91. The summed E-state index contributed by atoms with van der Waals surface area (Å²) in [5, 5.41) is 0. The summed E-state index contributed by atoms with van der Waals surface area (Å²) in [6.45, 7) is 6.58. The molecule has 2 aliphatic carbocycles. The van der Waals surface area contributed by atoms with Crippen LogP contribution < -0.4 is 0 Å². The van der Waals surface area contributed by atoms with Crippen LogP contribution in [0.2, 0.25) is 0 Å². The standard InChI is InChI=1S/C15H24O2/c1-11-5-4-6-13(7-11)17-14-8-12(16)9-15(2,3)10-14/h8,11,13H,4-7,9-10H2,1-3H3. The van der Waals surface area contributed by atoms with Gasteiger partial charge in [-0.05, 0) is 30.6 Å². The van der Waals surface area contributed by atoms with Crippen LogP contribution in [0, 0.1) is 11.3 Å². The molecule has 2 rings (SSSR count). The van der Waals surface area contributed by atoms with E-state index in [9.17, 15) is 4.79 Å². The molecule has 1 fully saturated rings. The summed E-state index contributed by atoms with van der Waals surface area (Å²) >= 11 is 0. The fourth-order valence-corrected chi connectivity index (χ4v) is 3.06. The smallest absolute Gasteiger partial charge is 0.159 e. The van der Waals surface area contributed by atoms with Gasteiger partial charge in [0.25, 0.3) is 0 Å². The number of hydrogen-bond donors (Lipinski definition) is 0. The lowest BCUT2D eigenvalue weighted by molar-refractivity contribution is -0.117. The van der Waals surface area contributed by atoms with E-state index in [4.69, 9.17) is 4.74 Å². The normalized spacial score (nSPS) is 33.1. The van der Waals surface area contributed by atoms with E-state index in [-0.39, 0.29) is 11.2 Å². The van der Waals surface area contributed by atoms with Crippen molar-refractivity contribution in [2.24, 2.45) is 11.3 Å². The molecule has 0 bridgehead atoms. The molecular formula is C15H24O2. The highest BCUT2D eigenvalue weighted by Crippen LogP contribution is 2.36. The van der Waals surface area contributed by atoms with E-state index in [0.29, 0.717) is 12.5 Å². The van der Waals surface area contributed by atoms with E-state index in [0.717, 1.165) is 30.9 Å². The third kappa shape index (κ3) is 3.58. The van der Waals surface area contributed by atoms with Gasteiger partial charge < -0.3 is 4.74 Å². The third-order valence-electron chi connectivity index (χ3n) is 3.83. The maximum absolute atomic E-state index is 11.6. The number of rotatable bonds is 2. The van der Waals surface area contributed by atoms with Gasteiger partial charge in [0, 0.05) is 18.9 Å². The number of ether oxygens (including phenoxy) is 1. The van der Waals surface area contributed by atoms with Crippen molar-refractivity contribution < 1.29 is 9.53 Å². The van der Waals surface area contributed by atoms with Crippen LogP contribution in [0.3, 0.4) is 0 Å². The van der Waals surface area contributed by atoms with Gasteiger partial charge in [0.15, 0.2) is 5.78 Å². The Bertz CT molecular complexity index is 328. The number of allylic oxidation sites excluding steroid dienone is 2. The molecule has 1 saturated carbocycles. The van der Waals surface area contributed by atoms with Crippen molar-refractivity contribution in [2.75, 3.05) is 0 Å². The SMILES string of the molecule is CC1CCCC(OC2=CC(=O)CC(C)(C)C2)C1. The Morgan fingerprint density at radius 3 is 2.71 bits per heavy atom. The molecule has 0 saturated heterocycles. The monoisotopic (exact) mass is 236 g/mol. The van der Waals surface area contributed by atoms with E-state index < -0.39 is 0 Å². The Hall–Kier alpha value is -0.790. The van der Waals surface area contributed by atoms with Crippen molar-refractivity contribution in [3.63, 3.8) is 0 Å². The Balaban J connectivity index is 1.96. The van der Waals surface area contributed by atoms with Crippen molar-refractivity contribution in [1.29, 1.82) is 0 Å². The van der Waals surface area contributed by atoms with E-state index in [1.807, 2.05) is 0 Å². The molecule has 0 aromatic rings. The first kappa shape index (κ1) is 12.7. The summed E-state index contributed by atoms with van der Waals surface area (Å²) in [4.78, 5) is 11.6. The van der Waals surface area contributed by atoms with Gasteiger partial charge in [-0.15, -0.1) is 0 Å². The molecule has 0 amide bonds. The predicted octanol–water partition coefficient (Wildman–Crippen LogP) is 3.85. The summed E-state index contributed by atoms with van der Waals surface area (Å²) in [6, 6.07) is 0. The average molecular weight is 236 g/mol. The van der Waals surface area contributed by atoms with Crippen molar-refractivity contribution in [2.45, 2.75) is 65.4 Å². The van der Waals surface area contributed by atoms with Gasteiger partial charge in [0.05, 0.1) is 6.10 Å². The highest BCUT2D eigenvalue weighted by Gasteiger charge is 2.30.